The zero-order valence-corrected chi connectivity index (χ0v) is 13.0. The normalized spacial score (nSPS) is 18.0. The number of hydrogen-bond acceptors (Lipinski definition) is 3. The molecule has 0 bridgehead atoms. The van der Waals surface area contributed by atoms with Crippen LogP contribution in [0.4, 0.5) is 5.69 Å². The van der Waals surface area contributed by atoms with Crippen molar-refractivity contribution in [3.05, 3.63) is 27.7 Å². The number of amides is 1. The molecule has 0 heterocycles. The average molecular weight is 361 g/mol. The van der Waals surface area contributed by atoms with Gasteiger partial charge >= 0.3 is 0 Å². The molecule has 0 spiro atoms. The van der Waals surface area contributed by atoms with Gasteiger partial charge in [-0.15, -0.1) is 0 Å². The number of amidine groups is 1. The largest absolute Gasteiger partial charge is 0.409 e. The van der Waals surface area contributed by atoms with E-state index in [1.54, 1.807) is 18.2 Å². The molecule has 1 aromatic carbocycles. The number of hydrogen-bond donors (Lipinski definition) is 3. The lowest BCUT2D eigenvalue weighted by atomic mass is 9.83. The maximum atomic E-state index is 12.5. The average Bonchev–Trinajstić information content (AvgIpc) is 2.91. The van der Waals surface area contributed by atoms with Gasteiger partial charge in [-0.2, -0.15) is 0 Å². The van der Waals surface area contributed by atoms with Crippen LogP contribution in [0.15, 0.2) is 27.8 Å². The number of oxime groups is 1. The van der Waals surface area contributed by atoms with Gasteiger partial charge in [0.1, 0.15) is 5.41 Å². The van der Waals surface area contributed by atoms with Gasteiger partial charge < -0.3 is 16.3 Å². The Morgan fingerprint density at radius 2 is 2.10 bits per heavy atom. The molecule has 0 atom stereocenters. The Balaban J connectivity index is 2.26. The highest BCUT2D eigenvalue weighted by atomic mass is 79.9. The smallest absolute Gasteiger partial charge is 0.238 e. The minimum absolute atomic E-state index is 0.0300. The fourth-order valence-corrected chi connectivity index (χ4v) is 3.29. The first-order chi connectivity index (χ1) is 9.49. The Kier molecular flexibility index (Phi) is 4.55. The lowest BCUT2D eigenvalue weighted by molar-refractivity contribution is -0.122. The molecular weight excluding hydrogens is 346 g/mol. The first kappa shape index (κ1) is 15.1. The Hall–Kier alpha value is -1.27. The van der Waals surface area contributed by atoms with Crippen molar-refractivity contribution < 1.29 is 10.0 Å². The lowest BCUT2D eigenvalue weighted by Gasteiger charge is -2.26. The van der Waals surface area contributed by atoms with E-state index in [-0.39, 0.29) is 11.7 Å². The van der Waals surface area contributed by atoms with Gasteiger partial charge in [-0.05, 0) is 47.0 Å². The van der Waals surface area contributed by atoms with Crippen LogP contribution in [-0.2, 0) is 4.79 Å². The van der Waals surface area contributed by atoms with Gasteiger partial charge in [0.15, 0.2) is 5.84 Å². The van der Waals surface area contributed by atoms with Crippen LogP contribution in [0.5, 0.6) is 0 Å². The maximum absolute atomic E-state index is 12.5. The summed E-state index contributed by atoms with van der Waals surface area (Å²) in [5.41, 5.74) is 5.42. The summed E-state index contributed by atoms with van der Waals surface area (Å²) >= 11 is 9.21. The lowest BCUT2D eigenvalue weighted by Crippen LogP contribution is -2.45. The molecule has 108 valence electrons. The Morgan fingerprint density at radius 1 is 1.45 bits per heavy atom. The Morgan fingerprint density at radius 3 is 2.65 bits per heavy atom. The van der Waals surface area contributed by atoms with Crippen LogP contribution in [0.2, 0.25) is 5.02 Å². The monoisotopic (exact) mass is 359 g/mol. The predicted octanol–water partition coefficient (Wildman–Crippen LogP) is 3.35. The van der Waals surface area contributed by atoms with Crippen LogP contribution in [0, 0.1) is 5.41 Å². The molecule has 1 fully saturated rings. The minimum atomic E-state index is -0.923. The highest BCUT2D eigenvalue weighted by Crippen LogP contribution is 2.40. The number of benzene rings is 1. The summed E-state index contributed by atoms with van der Waals surface area (Å²) < 4.78 is 0.686. The van der Waals surface area contributed by atoms with Crippen LogP contribution in [0.3, 0.4) is 0 Å². The molecule has 1 aliphatic rings. The van der Waals surface area contributed by atoms with Crippen molar-refractivity contribution >= 4 is 45.0 Å². The number of nitrogens with zero attached hydrogens (tertiary/aromatic N) is 1. The molecule has 20 heavy (non-hydrogen) atoms. The highest BCUT2D eigenvalue weighted by molar-refractivity contribution is 9.10. The molecule has 0 radical (unpaired) electrons. The van der Waals surface area contributed by atoms with E-state index in [0.29, 0.717) is 28.0 Å². The zero-order valence-electron chi connectivity index (χ0n) is 10.7. The standard InChI is InChI=1S/C13H15BrClN3O2/c14-9-7-8(15)3-4-10(9)17-12(19)13(11(16)18-20)5-1-2-6-13/h3-4,7,20H,1-2,5-6H2,(H2,16,18)(H,17,19). The van der Waals surface area contributed by atoms with Gasteiger partial charge in [-0.1, -0.05) is 29.6 Å². The van der Waals surface area contributed by atoms with Crippen molar-refractivity contribution in [1.82, 2.24) is 0 Å². The van der Waals surface area contributed by atoms with Gasteiger partial charge in [0.25, 0.3) is 0 Å². The minimum Gasteiger partial charge on any atom is -0.409 e. The number of carbonyl (C=O) groups excluding carboxylic acids is 1. The van der Waals surface area contributed by atoms with Crippen molar-refractivity contribution in [3.8, 4) is 0 Å². The fraction of sp³-hybridized carbons (Fsp3) is 0.385. The molecule has 0 aliphatic heterocycles. The maximum Gasteiger partial charge on any atom is 0.238 e. The predicted molar refractivity (Wildman–Crippen MR) is 82.1 cm³/mol. The summed E-state index contributed by atoms with van der Waals surface area (Å²) in [7, 11) is 0. The second kappa shape index (κ2) is 6.01. The van der Waals surface area contributed by atoms with Gasteiger partial charge in [0.05, 0.1) is 5.69 Å². The van der Waals surface area contributed by atoms with E-state index >= 15 is 0 Å². The van der Waals surface area contributed by atoms with Crippen LogP contribution in [0.25, 0.3) is 0 Å². The van der Waals surface area contributed by atoms with Crippen molar-refractivity contribution in [2.45, 2.75) is 25.7 Å². The summed E-state index contributed by atoms with van der Waals surface area (Å²) in [5.74, 6) is -0.286. The van der Waals surface area contributed by atoms with Crippen molar-refractivity contribution in [2.75, 3.05) is 5.32 Å². The summed E-state index contributed by atoms with van der Waals surface area (Å²) in [6.07, 6.45) is 2.93. The molecule has 1 amide bonds. The van der Waals surface area contributed by atoms with E-state index in [0.717, 1.165) is 12.8 Å². The Bertz CT molecular complexity index is 557. The highest BCUT2D eigenvalue weighted by Gasteiger charge is 2.45. The molecule has 1 saturated carbocycles. The van der Waals surface area contributed by atoms with E-state index in [1.807, 2.05) is 0 Å². The number of halogens is 2. The number of rotatable bonds is 3. The van der Waals surface area contributed by atoms with Gasteiger partial charge in [0.2, 0.25) is 5.91 Å². The second-order valence-electron chi connectivity index (χ2n) is 4.85. The number of anilines is 1. The first-order valence-electron chi connectivity index (χ1n) is 6.24. The van der Waals surface area contributed by atoms with Gasteiger partial charge in [-0.25, -0.2) is 0 Å². The molecule has 7 heteroatoms. The third kappa shape index (κ3) is 2.76. The third-order valence-electron chi connectivity index (χ3n) is 3.67. The summed E-state index contributed by atoms with van der Waals surface area (Å²) in [6.45, 7) is 0. The molecule has 1 aliphatic carbocycles. The third-order valence-corrected chi connectivity index (χ3v) is 4.56. The number of nitrogens with two attached hydrogens (primary N) is 1. The fourth-order valence-electron chi connectivity index (χ4n) is 2.51. The quantitative estimate of drug-likeness (QED) is 0.334. The van der Waals surface area contributed by atoms with Crippen LogP contribution in [-0.4, -0.2) is 17.0 Å². The topological polar surface area (TPSA) is 87.7 Å². The van der Waals surface area contributed by atoms with E-state index in [4.69, 9.17) is 22.5 Å². The molecule has 1 aromatic rings. The molecule has 2 rings (SSSR count). The van der Waals surface area contributed by atoms with Crippen LogP contribution < -0.4 is 11.1 Å². The van der Waals surface area contributed by atoms with E-state index < -0.39 is 5.41 Å². The van der Waals surface area contributed by atoms with Crippen molar-refractivity contribution in [1.29, 1.82) is 0 Å². The van der Waals surface area contributed by atoms with Crippen molar-refractivity contribution in [3.63, 3.8) is 0 Å². The second-order valence-corrected chi connectivity index (χ2v) is 6.14. The van der Waals surface area contributed by atoms with Gasteiger partial charge in [-0.3, -0.25) is 4.79 Å². The van der Waals surface area contributed by atoms with Crippen molar-refractivity contribution in [2.24, 2.45) is 16.3 Å². The molecule has 0 saturated heterocycles. The molecule has 5 nitrogen and oxygen atoms in total. The molecule has 0 unspecified atom stereocenters. The first-order valence-corrected chi connectivity index (χ1v) is 7.41. The number of nitrogens with one attached hydrogen (secondary N) is 1. The number of carbonyl (C=O) groups is 1. The Labute approximate surface area is 130 Å². The summed E-state index contributed by atoms with van der Waals surface area (Å²) in [5, 5.41) is 15.4. The van der Waals surface area contributed by atoms with E-state index in [9.17, 15) is 4.79 Å². The molecular formula is C13H15BrClN3O2. The summed E-state index contributed by atoms with van der Waals surface area (Å²) in [6, 6.07) is 5.09. The van der Waals surface area contributed by atoms with E-state index in [1.165, 1.54) is 0 Å². The van der Waals surface area contributed by atoms with E-state index in [2.05, 4.69) is 26.4 Å². The summed E-state index contributed by atoms with van der Waals surface area (Å²) in [4.78, 5) is 12.5. The molecule has 4 N–H and O–H groups in total. The zero-order chi connectivity index (χ0) is 14.8. The SMILES string of the molecule is N/C(=N/O)C1(C(=O)Nc2ccc(Cl)cc2Br)CCCC1. The molecule has 0 aromatic heterocycles. The van der Waals surface area contributed by atoms with Crippen LogP contribution in [0.1, 0.15) is 25.7 Å². The van der Waals surface area contributed by atoms with Gasteiger partial charge in [0, 0.05) is 9.50 Å². The van der Waals surface area contributed by atoms with Crippen LogP contribution >= 0.6 is 27.5 Å².